The van der Waals surface area contributed by atoms with Crippen LogP contribution in [0.3, 0.4) is 0 Å². The number of likely N-dealkylation sites (N-methyl/N-ethyl adjacent to an activating group) is 2. The number of hydrogen-bond donors (Lipinski definition) is 2. The normalized spacial score (nSPS) is 25.8. The Labute approximate surface area is 106 Å². The molecule has 1 atom stereocenters. The van der Waals surface area contributed by atoms with Crippen LogP contribution in [-0.4, -0.2) is 72.9 Å². The molecule has 0 spiro atoms. The van der Waals surface area contributed by atoms with Gasteiger partial charge in [-0.25, -0.2) is 0 Å². The molecule has 1 aliphatic heterocycles. The number of nitrogens with zero attached hydrogens (tertiary/aromatic N) is 2. The summed E-state index contributed by atoms with van der Waals surface area (Å²) in [7, 11) is 4.12. The first-order chi connectivity index (χ1) is 7.83. The molecule has 0 radical (unpaired) electrons. The van der Waals surface area contributed by atoms with E-state index in [2.05, 4.69) is 42.9 Å². The summed E-state index contributed by atoms with van der Waals surface area (Å²) in [5, 5.41) is 12.6. The first-order valence-electron chi connectivity index (χ1n) is 6.56. The maximum atomic E-state index is 9.37. The number of hydrogen-bond acceptors (Lipinski definition) is 4. The van der Waals surface area contributed by atoms with Gasteiger partial charge in [0.25, 0.3) is 0 Å². The minimum absolute atomic E-state index is 0.145. The Morgan fingerprint density at radius 3 is 2.47 bits per heavy atom. The molecule has 0 aromatic heterocycles. The topological polar surface area (TPSA) is 38.7 Å². The Bertz CT molecular complexity index is 239. The highest BCUT2D eigenvalue weighted by molar-refractivity contribution is 4.90. The van der Waals surface area contributed by atoms with Gasteiger partial charge < -0.3 is 15.3 Å². The van der Waals surface area contributed by atoms with Crippen LogP contribution in [0.15, 0.2) is 0 Å². The van der Waals surface area contributed by atoms with Crippen molar-refractivity contribution in [3.8, 4) is 0 Å². The number of nitrogens with one attached hydrogen (secondary N) is 1. The lowest BCUT2D eigenvalue weighted by Gasteiger charge is -2.46. The fourth-order valence-electron chi connectivity index (χ4n) is 2.22. The molecule has 102 valence electrons. The summed E-state index contributed by atoms with van der Waals surface area (Å²) in [6, 6.07) is 0. The van der Waals surface area contributed by atoms with E-state index in [1.165, 1.54) is 0 Å². The summed E-state index contributed by atoms with van der Waals surface area (Å²) in [5.74, 6) is 0. The molecule has 1 saturated heterocycles. The lowest BCUT2D eigenvalue weighted by atomic mass is 9.96. The molecule has 2 N–H and O–H groups in total. The SMILES string of the molecule is CNC(C)(CO)CCN1CCN(C)C(C)(C)C1. The highest BCUT2D eigenvalue weighted by atomic mass is 16.3. The molecule has 4 heteroatoms. The van der Waals surface area contributed by atoms with Gasteiger partial charge in [0.05, 0.1) is 6.61 Å². The molecular formula is C13H29N3O. The van der Waals surface area contributed by atoms with Gasteiger partial charge >= 0.3 is 0 Å². The number of aliphatic hydroxyl groups is 1. The standard InChI is InChI=1S/C13H29N3O/c1-12(2)10-16(9-8-15(12)5)7-6-13(3,11-17)14-4/h14,17H,6-11H2,1-5H3. The van der Waals surface area contributed by atoms with Crippen molar-refractivity contribution in [1.82, 2.24) is 15.1 Å². The summed E-state index contributed by atoms with van der Waals surface area (Å²) in [5.41, 5.74) is 0.112. The second kappa shape index (κ2) is 5.65. The predicted molar refractivity (Wildman–Crippen MR) is 72.3 cm³/mol. The van der Waals surface area contributed by atoms with Gasteiger partial charge in [0, 0.05) is 37.3 Å². The highest BCUT2D eigenvalue weighted by Crippen LogP contribution is 2.20. The van der Waals surface area contributed by atoms with Crippen LogP contribution in [0.2, 0.25) is 0 Å². The first-order valence-corrected chi connectivity index (χ1v) is 6.56. The van der Waals surface area contributed by atoms with E-state index in [-0.39, 0.29) is 17.7 Å². The van der Waals surface area contributed by atoms with Gasteiger partial charge in [0.2, 0.25) is 0 Å². The number of aliphatic hydroxyl groups excluding tert-OH is 1. The molecule has 0 aromatic rings. The van der Waals surface area contributed by atoms with E-state index in [1.54, 1.807) is 0 Å². The smallest absolute Gasteiger partial charge is 0.0610 e. The van der Waals surface area contributed by atoms with E-state index in [1.807, 2.05) is 7.05 Å². The molecule has 1 aliphatic rings. The maximum Gasteiger partial charge on any atom is 0.0610 e. The summed E-state index contributed by atoms with van der Waals surface area (Å²) in [6.07, 6.45) is 0.986. The van der Waals surface area contributed by atoms with Gasteiger partial charge in [-0.15, -0.1) is 0 Å². The van der Waals surface area contributed by atoms with Crippen LogP contribution in [0.5, 0.6) is 0 Å². The molecule has 0 aliphatic carbocycles. The Kier molecular flexibility index (Phi) is 4.95. The number of rotatable bonds is 5. The second-order valence-corrected chi connectivity index (χ2v) is 6.23. The van der Waals surface area contributed by atoms with Crippen LogP contribution < -0.4 is 5.32 Å². The molecule has 4 nitrogen and oxygen atoms in total. The molecule has 1 rings (SSSR count). The van der Waals surface area contributed by atoms with Gasteiger partial charge in [-0.3, -0.25) is 4.90 Å². The molecule has 1 heterocycles. The van der Waals surface area contributed by atoms with Crippen LogP contribution in [0.4, 0.5) is 0 Å². The first kappa shape index (κ1) is 14.9. The van der Waals surface area contributed by atoms with Gasteiger partial charge in [0.15, 0.2) is 0 Å². The van der Waals surface area contributed by atoms with Crippen molar-refractivity contribution in [1.29, 1.82) is 0 Å². The molecular weight excluding hydrogens is 214 g/mol. The Balaban J connectivity index is 2.43. The van der Waals surface area contributed by atoms with E-state index < -0.39 is 0 Å². The zero-order valence-corrected chi connectivity index (χ0v) is 12.1. The van der Waals surface area contributed by atoms with Crippen molar-refractivity contribution in [3.63, 3.8) is 0 Å². The molecule has 0 amide bonds. The average molecular weight is 243 g/mol. The molecule has 1 unspecified atom stereocenters. The molecule has 1 fully saturated rings. The largest absolute Gasteiger partial charge is 0.394 e. The zero-order chi connectivity index (χ0) is 13.1. The van der Waals surface area contributed by atoms with Crippen LogP contribution in [0, 0.1) is 0 Å². The lowest BCUT2D eigenvalue weighted by Crippen LogP contribution is -2.58. The van der Waals surface area contributed by atoms with Crippen LogP contribution in [0.25, 0.3) is 0 Å². The average Bonchev–Trinajstić information content (AvgIpc) is 2.30. The molecule has 0 saturated carbocycles. The Hall–Kier alpha value is -0.160. The van der Waals surface area contributed by atoms with Gasteiger partial charge in [-0.1, -0.05) is 0 Å². The van der Waals surface area contributed by atoms with Crippen LogP contribution >= 0.6 is 0 Å². The van der Waals surface area contributed by atoms with Gasteiger partial charge in [-0.05, 0) is 41.3 Å². The van der Waals surface area contributed by atoms with Crippen molar-refractivity contribution < 1.29 is 5.11 Å². The quantitative estimate of drug-likeness (QED) is 0.732. The van der Waals surface area contributed by atoms with E-state index in [0.717, 1.165) is 32.6 Å². The van der Waals surface area contributed by atoms with Gasteiger partial charge in [0.1, 0.15) is 0 Å². The summed E-state index contributed by atoms with van der Waals surface area (Å²) < 4.78 is 0. The minimum Gasteiger partial charge on any atom is -0.394 e. The van der Waals surface area contributed by atoms with E-state index >= 15 is 0 Å². The fourth-order valence-corrected chi connectivity index (χ4v) is 2.22. The van der Waals surface area contributed by atoms with Crippen LogP contribution in [-0.2, 0) is 0 Å². The fraction of sp³-hybridized carbons (Fsp3) is 1.00. The lowest BCUT2D eigenvalue weighted by molar-refractivity contribution is 0.0331. The second-order valence-electron chi connectivity index (χ2n) is 6.23. The van der Waals surface area contributed by atoms with Crippen molar-refractivity contribution >= 4 is 0 Å². The molecule has 0 bridgehead atoms. The van der Waals surface area contributed by atoms with Crippen molar-refractivity contribution in [2.24, 2.45) is 0 Å². The predicted octanol–water partition coefficient (Wildman–Crippen LogP) is 0.373. The summed E-state index contributed by atoms with van der Waals surface area (Å²) in [4.78, 5) is 4.93. The molecule has 17 heavy (non-hydrogen) atoms. The van der Waals surface area contributed by atoms with E-state index in [9.17, 15) is 5.11 Å². The highest BCUT2D eigenvalue weighted by Gasteiger charge is 2.31. The monoisotopic (exact) mass is 243 g/mol. The summed E-state index contributed by atoms with van der Waals surface area (Å²) >= 11 is 0. The Morgan fingerprint density at radius 2 is 2.00 bits per heavy atom. The maximum absolute atomic E-state index is 9.37. The third kappa shape index (κ3) is 3.91. The summed E-state index contributed by atoms with van der Waals surface area (Å²) in [6.45, 7) is 11.3. The third-order valence-electron chi connectivity index (χ3n) is 4.33. The zero-order valence-electron chi connectivity index (χ0n) is 12.1. The Morgan fingerprint density at radius 1 is 1.35 bits per heavy atom. The van der Waals surface area contributed by atoms with E-state index in [0.29, 0.717) is 0 Å². The van der Waals surface area contributed by atoms with Gasteiger partial charge in [-0.2, -0.15) is 0 Å². The van der Waals surface area contributed by atoms with E-state index in [4.69, 9.17) is 0 Å². The van der Waals surface area contributed by atoms with Crippen molar-refractivity contribution in [2.75, 3.05) is 46.9 Å². The number of piperazine rings is 1. The molecule has 0 aromatic carbocycles. The van der Waals surface area contributed by atoms with Crippen molar-refractivity contribution in [3.05, 3.63) is 0 Å². The minimum atomic E-state index is -0.145. The third-order valence-corrected chi connectivity index (χ3v) is 4.33. The van der Waals surface area contributed by atoms with Crippen LogP contribution in [0.1, 0.15) is 27.2 Å². The van der Waals surface area contributed by atoms with Crippen molar-refractivity contribution in [2.45, 2.75) is 38.3 Å².